The topological polar surface area (TPSA) is 59.8 Å². The van der Waals surface area contributed by atoms with E-state index in [9.17, 15) is 4.79 Å². The molecular formula is C15H18N4O. The Morgan fingerprint density at radius 2 is 2.30 bits per heavy atom. The zero-order valence-corrected chi connectivity index (χ0v) is 11.8. The normalized spacial score (nSPS) is 18.4. The summed E-state index contributed by atoms with van der Waals surface area (Å²) in [6.45, 7) is 1.95. The van der Waals surface area contributed by atoms with E-state index < -0.39 is 0 Å². The van der Waals surface area contributed by atoms with Gasteiger partial charge in [-0.3, -0.25) is 9.48 Å². The summed E-state index contributed by atoms with van der Waals surface area (Å²) >= 11 is 0. The third-order valence-corrected chi connectivity index (χ3v) is 3.77. The van der Waals surface area contributed by atoms with Gasteiger partial charge in [-0.15, -0.1) is 0 Å². The van der Waals surface area contributed by atoms with Gasteiger partial charge in [0.15, 0.2) is 5.65 Å². The summed E-state index contributed by atoms with van der Waals surface area (Å²) in [5.41, 5.74) is 2.50. The predicted octanol–water partition coefficient (Wildman–Crippen LogP) is 2.57. The summed E-state index contributed by atoms with van der Waals surface area (Å²) in [5.74, 6) is 0.155. The number of rotatable bonds is 2. The molecule has 2 aromatic heterocycles. The maximum absolute atomic E-state index is 12.2. The number of fused-ring (bicyclic) bond motifs is 1. The van der Waals surface area contributed by atoms with Crippen molar-refractivity contribution in [1.82, 2.24) is 14.8 Å². The molecule has 0 saturated carbocycles. The Morgan fingerprint density at radius 3 is 3.05 bits per heavy atom. The summed E-state index contributed by atoms with van der Waals surface area (Å²) in [6.07, 6.45) is 8.64. The molecule has 0 aromatic carbocycles. The number of aromatic nitrogens is 3. The van der Waals surface area contributed by atoms with Crippen LogP contribution < -0.4 is 5.32 Å². The molecular weight excluding hydrogens is 252 g/mol. The number of nitrogens with zero attached hydrogens (tertiary/aromatic N) is 3. The molecule has 1 N–H and O–H groups in total. The molecule has 0 bridgehead atoms. The molecule has 1 amide bonds. The third kappa shape index (κ3) is 2.31. The van der Waals surface area contributed by atoms with E-state index >= 15 is 0 Å². The highest BCUT2D eigenvalue weighted by atomic mass is 16.1. The maximum atomic E-state index is 12.2. The van der Waals surface area contributed by atoms with Crippen LogP contribution in [-0.4, -0.2) is 20.7 Å². The van der Waals surface area contributed by atoms with Gasteiger partial charge in [0.1, 0.15) is 0 Å². The zero-order chi connectivity index (χ0) is 14.1. The molecule has 5 heteroatoms. The first-order valence-corrected chi connectivity index (χ1v) is 6.90. The van der Waals surface area contributed by atoms with Crippen LogP contribution >= 0.6 is 0 Å². The second-order valence-electron chi connectivity index (χ2n) is 5.27. The fourth-order valence-corrected chi connectivity index (χ4v) is 2.65. The molecule has 0 aliphatic heterocycles. The SMILES string of the molecule is Cc1nn(C)c2ncc(NC(=O)[C@H]3CC=CCC3)cc12. The van der Waals surface area contributed by atoms with Crippen LogP contribution in [0.4, 0.5) is 5.69 Å². The van der Waals surface area contributed by atoms with E-state index in [0.29, 0.717) is 0 Å². The van der Waals surface area contributed by atoms with Crippen molar-refractivity contribution in [3.05, 3.63) is 30.1 Å². The van der Waals surface area contributed by atoms with Gasteiger partial charge in [-0.2, -0.15) is 5.10 Å². The van der Waals surface area contributed by atoms with Crippen molar-refractivity contribution >= 4 is 22.6 Å². The minimum absolute atomic E-state index is 0.0747. The summed E-state index contributed by atoms with van der Waals surface area (Å²) in [7, 11) is 1.87. The highest BCUT2D eigenvalue weighted by molar-refractivity contribution is 5.94. The number of hydrogen-bond donors (Lipinski definition) is 1. The van der Waals surface area contributed by atoms with E-state index in [1.54, 1.807) is 10.9 Å². The summed E-state index contributed by atoms with van der Waals surface area (Å²) in [4.78, 5) is 16.6. The van der Waals surface area contributed by atoms with E-state index in [1.807, 2.05) is 20.0 Å². The van der Waals surface area contributed by atoms with Crippen LogP contribution in [0.5, 0.6) is 0 Å². The number of amides is 1. The lowest BCUT2D eigenvalue weighted by molar-refractivity contribution is -0.120. The average molecular weight is 270 g/mol. The Kier molecular flexibility index (Phi) is 3.26. The average Bonchev–Trinajstić information content (AvgIpc) is 2.75. The van der Waals surface area contributed by atoms with Crippen molar-refractivity contribution in [3.8, 4) is 0 Å². The van der Waals surface area contributed by atoms with Gasteiger partial charge in [0, 0.05) is 18.4 Å². The lowest BCUT2D eigenvalue weighted by Gasteiger charge is -2.17. The van der Waals surface area contributed by atoms with Crippen LogP contribution in [0.3, 0.4) is 0 Å². The second kappa shape index (κ2) is 5.07. The quantitative estimate of drug-likeness (QED) is 0.853. The van der Waals surface area contributed by atoms with E-state index in [2.05, 4.69) is 27.6 Å². The van der Waals surface area contributed by atoms with Crippen molar-refractivity contribution < 1.29 is 4.79 Å². The number of pyridine rings is 1. The Hall–Kier alpha value is -2.17. The first kappa shape index (κ1) is 12.8. The van der Waals surface area contributed by atoms with Crippen molar-refractivity contribution in [1.29, 1.82) is 0 Å². The minimum Gasteiger partial charge on any atom is -0.324 e. The van der Waals surface area contributed by atoms with Gasteiger partial charge in [0.2, 0.25) is 5.91 Å². The number of allylic oxidation sites excluding steroid dienone is 2. The van der Waals surface area contributed by atoms with Crippen LogP contribution in [0.25, 0.3) is 11.0 Å². The number of aryl methyl sites for hydroxylation is 2. The number of carbonyl (C=O) groups excluding carboxylic acids is 1. The fraction of sp³-hybridized carbons (Fsp3) is 0.400. The van der Waals surface area contributed by atoms with Crippen LogP contribution in [0.1, 0.15) is 25.0 Å². The smallest absolute Gasteiger partial charge is 0.227 e. The number of carbonyl (C=O) groups is 1. The molecule has 0 radical (unpaired) electrons. The van der Waals surface area contributed by atoms with Crippen LogP contribution in [0.15, 0.2) is 24.4 Å². The highest BCUT2D eigenvalue weighted by Gasteiger charge is 2.19. The van der Waals surface area contributed by atoms with E-state index in [1.165, 1.54) is 0 Å². The number of anilines is 1. The third-order valence-electron chi connectivity index (χ3n) is 3.77. The van der Waals surface area contributed by atoms with Gasteiger partial charge in [0.25, 0.3) is 0 Å². The standard InChI is InChI=1S/C15H18N4O/c1-10-13-8-12(9-16-14(13)19(2)18-10)17-15(20)11-6-4-3-5-7-11/h3-4,8-9,11H,5-7H2,1-2H3,(H,17,20)/t11-/m0/s1. The molecule has 0 unspecified atom stereocenters. The summed E-state index contributed by atoms with van der Waals surface area (Å²) in [6, 6.07) is 1.95. The van der Waals surface area contributed by atoms with Crippen LogP contribution in [-0.2, 0) is 11.8 Å². The van der Waals surface area contributed by atoms with Crippen molar-refractivity contribution in [3.63, 3.8) is 0 Å². The molecule has 1 aliphatic carbocycles. The molecule has 1 aliphatic rings. The zero-order valence-electron chi connectivity index (χ0n) is 11.8. The molecule has 3 rings (SSSR count). The van der Waals surface area contributed by atoms with Gasteiger partial charge in [-0.05, 0) is 32.3 Å². The minimum atomic E-state index is 0.0747. The lowest BCUT2D eigenvalue weighted by atomic mass is 9.93. The molecule has 2 aromatic rings. The number of nitrogens with one attached hydrogen (secondary N) is 1. The van der Waals surface area contributed by atoms with E-state index in [0.717, 1.165) is 41.7 Å². The number of hydrogen-bond acceptors (Lipinski definition) is 3. The van der Waals surface area contributed by atoms with Gasteiger partial charge < -0.3 is 5.32 Å². The predicted molar refractivity (Wildman–Crippen MR) is 78.4 cm³/mol. The fourth-order valence-electron chi connectivity index (χ4n) is 2.65. The van der Waals surface area contributed by atoms with Crippen LogP contribution in [0, 0.1) is 12.8 Å². The Morgan fingerprint density at radius 1 is 1.45 bits per heavy atom. The monoisotopic (exact) mass is 270 g/mol. The second-order valence-corrected chi connectivity index (χ2v) is 5.27. The first-order chi connectivity index (χ1) is 9.65. The Bertz CT molecular complexity index is 686. The summed E-state index contributed by atoms with van der Waals surface area (Å²) < 4.78 is 1.75. The van der Waals surface area contributed by atoms with E-state index in [4.69, 9.17) is 0 Å². The maximum Gasteiger partial charge on any atom is 0.227 e. The molecule has 5 nitrogen and oxygen atoms in total. The van der Waals surface area contributed by atoms with Crippen molar-refractivity contribution in [2.75, 3.05) is 5.32 Å². The Balaban J connectivity index is 1.82. The molecule has 0 saturated heterocycles. The van der Waals surface area contributed by atoms with E-state index in [-0.39, 0.29) is 11.8 Å². The summed E-state index contributed by atoms with van der Waals surface area (Å²) in [5, 5.41) is 8.28. The van der Waals surface area contributed by atoms with Gasteiger partial charge in [0.05, 0.1) is 17.6 Å². The van der Waals surface area contributed by atoms with Gasteiger partial charge in [-0.25, -0.2) is 4.98 Å². The van der Waals surface area contributed by atoms with Crippen molar-refractivity contribution in [2.24, 2.45) is 13.0 Å². The molecule has 2 heterocycles. The highest BCUT2D eigenvalue weighted by Crippen LogP contribution is 2.22. The molecule has 1 atom stereocenters. The molecule has 0 fully saturated rings. The Labute approximate surface area is 117 Å². The molecule has 0 spiro atoms. The van der Waals surface area contributed by atoms with Crippen LogP contribution in [0.2, 0.25) is 0 Å². The molecule has 20 heavy (non-hydrogen) atoms. The molecule has 104 valence electrons. The largest absolute Gasteiger partial charge is 0.324 e. The first-order valence-electron chi connectivity index (χ1n) is 6.90. The lowest BCUT2D eigenvalue weighted by Crippen LogP contribution is -2.23. The van der Waals surface area contributed by atoms with Crippen molar-refractivity contribution in [2.45, 2.75) is 26.2 Å². The van der Waals surface area contributed by atoms with Gasteiger partial charge in [-0.1, -0.05) is 12.2 Å². The van der Waals surface area contributed by atoms with Gasteiger partial charge >= 0.3 is 0 Å².